The molecule has 1 aliphatic rings. The first-order valence-electron chi connectivity index (χ1n) is 5.02. The van der Waals surface area contributed by atoms with Crippen molar-refractivity contribution in [3.63, 3.8) is 0 Å². The maximum atomic E-state index is 11.5. The molecule has 2 unspecified atom stereocenters. The van der Waals surface area contributed by atoms with Crippen LogP contribution in [0.5, 0.6) is 0 Å². The highest BCUT2D eigenvalue weighted by Crippen LogP contribution is 2.35. The second kappa shape index (κ2) is 5.03. The Morgan fingerprint density at radius 2 is 2.43 bits per heavy atom. The van der Waals surface area contributed by atoms with Crippen LogP contribution in [0.15, 0.2) is 0 Å². The lowest BCUT2D eigenvalue weighted by molar-refractivity contribution is -0.155. The number of rotatable bonds is 3. The summed E-state index contributed by atoms with van der Waals surface area (Å²) in [5.74, 6) is 1.10. The Kier molecular flexibility index (Phi) is 4.26. The number of thioether (sulfide) groups is 1. The maximum absolute atomic E-state index is 11.5. The Balaban J connectivity index is 2.70. The number of carbonyl (C=O) groups excluding carboxylic acids is 1. The number of carbonyl (C=O) groups is 1. The van der Waals surface area contributed by atoms with E-state index in [-0.39, 0.29) is 11.9 Å². The van der Waals surface area contributed by atoms with Gasteiger partial charge in [0.05, 0.1) is 18.6 Å². The van der Waals surface area contributed by atoms with E-state index < -0.39 is 5.60 Å². The average molecular weight is 218 g/mol. The number of ether oxygens (including phenoxy) is 1. The van der Waals surface area contributed by atoms with Gasteiger partial charge >= 0.3 is 5.97 Å². The minimum Gasteiger partial charge on any atom is -0.469 e. The molecule has 0 amide bonds. The lowest BCUT2D eigenvalue weighted by Gasteiger charge is -2.36. The SMILES string of the molecule is CCC(C(=O)OC)C1(O)CCCSC1. The van der Waals surface area contributed by atoms with Crippen LogP contribution in [-0.4, -0.2) is 35.3 Å². The van der Waals surface area contributed by atoms with E-state index in [0.29, 0.717) is 18.6 Å². The third-order valence-electron chi connectivity index (χ3n) is 2.79. The van der Waals surface area contributed by atoms with Crippen molar-refractivity contribution in [2.45, 2.75) is 31.8 Å². The van der Waals surface area contributed by atoms with Crippen LogP contribution in [0.25, 0.3) is 0 Å². The van der Waals surface area contributed by atoms with E-state index in [1.54, 1.807) is 11.8 Å². The molecule has 1 saturated heterocycles. The number of hydrogen-bond donors (Lipinski definition) is 1. The molecule has 0 radical (unpaired) electrons. The average Bonchev–Trinajstić information content (AvgIpc) is 2.19. The van der Waals surface area contributed by atoms with Gasteiger partial charge < -0.3 is 9.84 Å². The third kappa shape index (κ3) is 2.42. The van der Waals surface area contributed by atoms with Crippen LogP contribution in [0.3, 0.4) is 0 Å². The zero-order chi connectivity index (χ0) is 10.6. The fraction of sp³-hybridized carbons (Fsp3) is 0.900. The molecule has 1 rings (SSSR count). The van der Waals surface area contributed by atoms with Gasteiger partial charge in [-0.1, -0.05) is 6.92 Å². The van der Waals surface area contributed by atoms with Crippen LogP contribution in [0.2, 0.25) is 0 Å². The van der Waals surface area contributed by atoms with Gasteiger partial charge in [-0.3, -0.25) is 4.79 Å². The van der Waals surface area contributed by atoms with E-state index in [0.717, 1.165) is 12.2 Å². The van der Waals surface area contributed by atoms with Gasteiger partial charge in [-0.2, -0.15) is 11.8 Å². The Morgan fingerprint density at radius 1 is 1.71 bits per heavy atom. The van der Waals surface area contributed by atoms with Gasteiger partial charge in [-0.15, -0.1) is 0 Å². The van der Waals surface area contributed by atoms with Gasteiger partial charge in [0.25, 0.3) is 0 Å². The molecule has 0 aromatic rings. The van der Waals surface area contributed by atoms with Crippen LogP contribution < -0.4 is 0 Å². The Hall–Kier alpha value is -0.220. The molecule has 1 heterocycles. The number of hydrogen-bond acceptors (Lipinski definition) is 4. The lowest BCUT2D eigenvalue weighted by atomic mass is 9.83. The molecule has 3 nitrogen and oxygen atoms in total. The zero-order valence-corrected chi connectivity index (χ0v) is 9.60. The first-order chi connectivity index (χ1) is 6.64. The predicted octanol–water partition coefficient (Wildman–Crippen LogP) is 1.44. The van der Waals surface area contributed by atoms with Gasteiger partial charge in [0.2, 0.25) is 0 Å². The molecule has 14 heavy (non-hydrogen) atoms. The normalized spacial score (nSPS) is 29.6. The Labute approximate surface area is 89.2 Å². The molecule has 0 aliphatic carbocycles. The number of methoxy groups -OCH3 is 1. The van der Waals surface area contributed by atoms with Crippen molar-refractivity contribution in [2.24, 2.45) is 5.92 Å². The fourth-order valence-electron chi connectivity index (χ4n) is 1.98. The summed E-state index contributed by atoms with van der Waals surface area (Å²) >= 11 is 1.72. The molecule has 4 heteroatoms. The van der Waals surface area contributed by atoms with Gasteiger partial charge in [0.15, 0.2) is 0 Å². The molecular weight excluding hydrogens is 200 g/mol. The van der Waals surface area contributed by atoms with Crippen molar-refractivity contribution in [1.82, 2.24) is 0 Å². The largest absolute Gasteiger partial charge is 0.469 e. The number of aliphatic hydroxyl groups is 1. The summed E-state index contributed by atoms with van der Waals surface area (Å²) in [5, 5.41) is 10.3. The summed E-state index contributed by atoms with van der Waals surface area (Å²) in [4.78, 5) is 11.5. The van der Waals surface area contributed by atoms with E-state index in [1.807, 2.05) is 6.92 Å². The van der Waals surface area contributed by atoms with Gasteiger partial charge in [0.1, 0.15) is 0 Å². The first kappa shape index (κ1) is 11.9. The van der Waals surface area contributed by atoms with Crippen molar-refractivity contribution in [1.29, 1.82) is 0 Å². The van der Waals surface area contributed by atoms with Crippen LogP contribution >= 0.6 is 11.8 Å². The standard InChI is InChI=1S/C10H18O3S/c1-3-8(9(11)13-2)10(12)5-4-6-14-7-10/h8,12H,3-7H2,1-2H3. The third-order valence-corrected chi connectivity index (χ3v) is 4.07. The van der Waals surface area contributed by atoms with E-state index in [9.17, 15) is 9.90 Å². The van der Waals surface area contributed by atoms with Crippen molar-refractivity contribution in [2.75, 3.05) is 18.6 Å². The topological polar surface area (TPSA) is 46.5 Å². The molecule has 0 saturated carbocycles. The molecule has 0 bridgehead atoms. The summed E-state index contributed by atoms with van der Waals surface area (Å²) < 4.78 is 4.71. The predicted molar refractivity (Wildman–Crippen MR) is 57.3 cm³/mol. The molecule has 82 valence electrons. The molecule has 0 aromatic heterocycles. The minimum absolute atomic E-state index is 0.280. The highest BCUT2D eigenvalue weighted by Gasteiger charge is 2.41. The van der Waals surface area contributed by atoms with E-state index in [4.69, 9.17) is 4.74 Å². The quantitative estimate of drug-likeness (QED) is 0.728. The molecule has 2 atom stereocenters. The Morgan fingerprint density at radius 3 is 2.86 bits per heavy atom. The van der Waals surface area contributed by atoms with E-state index in [2.05, 4.69) is 0 Å². The monoisotopic (exact) mass is 218 g/mol. The summed E-state index contributed by atoms with van der Waals surface area (Å²) in [7, 11) is 1.38. The van der Waals surface area contributed by atoms with Crippen molar-refractivity contribution in [3.8, 4) is 0 Å². The lowest BCUT2D eigenvalue weighted by Crippen LogP contribution is -2.46. The smallest absolute Gasteiger partial charge is 0.311 e. The molecule has 0 aromatic carbocycles. The van der Waals surface area contributed by atoms with E-state index in [1.165, 1.54) is 7.11 Å². The molecular formula is C10H18O3S. The highest BCUT2D eigenvalue weighted by molar-refractivity contribution is 7.99. The fourth-order valence-corrected chi connectivity index (χ4v) is 3.18. The van der Waals surface area contributed by atoms with Gasteiger partial charge in [-0.25, -0.2) is 0 Å². The van der Waals surface area contributed by atoms with Crippen molar-refractivity contribution in [3.05, 3.63) is 0 Å². The minimum atomic E-state index is -0.842. The zero-order valence-electron chi connectivity index (χ0n) is 8.78. The maximum Gasteiger partial charge on any atom is 0.311 e. The van der Waals surface area contributed by atoms with Crippen LogP contribution in [0.1, 0.15) is 26.2 Å². The summed E-state index contributed by atoms with van der Waals surface area (Å²) in [6.45, 7) is 1.92. The van der Waals surface area contributed by atoms with E-state index >= 15 is 0 Å². The second-order valence-corrected chi connectivity index (χ2v) is 4.85. The van der Waals surface area contributed by atoms with Crippen LogP contribution in [0, 0.1) is 5.92 Å². The number of esters is 1. The van der Waals surface area contributed by atoms with Crippen molar-refractivity contribution >= 4 is 17.7 Å². The van der Waals surface area contributed by atoms with Crippen molar-refractivity contribution < 1.29 is 14.6 Å². The molecule has 1 aliphatic heterocycles. The first-order valence-corrected chi connectivity index (χ1v) is 6.17. The van der Waals surface area contributed by atoms with Crippen LogP contribution in [-0.2, 0) is 9.53 Å². The second-order valence-electron chi connectivity index (χ2n) is 3.74. The highest BCUT2D eigenvalue weighted by atomic mass is 32.2. The molecule has 0 spiro atoms. The van der Waals surface area contributed by atoms with Gasteiger partial charge in [-0.05, 0) is 25.0 Å². The summed E-state index contributed by atoms with van der Waals surface area (Å²) in [6, 6.07) is 0. The molecule has 1 N–H and O–H groups in total. The summed E-state index contributed by atoms with van der Waals surface area (Å²) in [5.41, 5.74) is -0.842. The van der Waals surface area contributed by atoms with Crippen LogP contribution in [0.4, 0.5) is 0 Å². The Bertz CT molecular complexity index is 200. The molecule has 1 fully saturated rings. The van der Waals surface area contributed by atoms with Gasteiger partial charge in [0, 0.05) is 5.75 Å². The summed E-state index contributed by atoms with van der Waals surface area (Å²) in [6.07, 6.45) is 2.34.